The van der Waals surface area contributed by atoms with E-state index in [1.54, 1.807) is 6.20 Å². The highest BCUT2D eigenvalue weighted by atomic mass is 16.3. The molecule has 0 aliphatic heterocycles. The summed E-state index contributed by atoms with van der Waals surface area (Å²) in [7, 11) is 1.92. The van der Waals surface area contributed by atoms with Crippen LogP contribution in [0.2, 0.25) is 0 Å². The molecule has 0 saturated carbocycles. The van der Waals surface area contributed by atoms with Crippen molar-refractivity contribution in [1.29, 1.82) is 0 Å². The van der Waals surface area contributed by atoms with Crippen LogP contribution in [0.1, 0.15) is 5.56 Å². The van der Waals surface area contributed by atoms with Crippen LogP contribution >= 0.6 is 0 Å². The first-order valence-electron chi connectivity index (χ1n) is 5.89. The molecule has 3 rings (SSSR count). The zero-order valence-electron chi connectivity index (χ0n) is 10.2. The standard InChI is InChI=1S/C14H15N3O/c1-16-10-13(18)12-7-8-17(14(12)16)15-9-11-5-3-2-4-6-11/h2-8,10,15,18H,9H2,1H3. The van der Waals surface area contributed by atoms with Gasteiger partial charge in [0, 0.05) is 19.4 Å². The first-order chi connectivity index (χ1) is 8.75. The molecule has 0 saturated heterocycles. The molecule has 0 unspecified atom stereocenters. The molecule has 4 heteroatoms. The highest BCUT2D eigenvalue weighted by molar-refractivity contribution is 5.84. The minimum absolute atomic E-state index is 0.313. The molecule has 2 heterocycles. The van der Waals surface area contributed by atoms with Crippen molar-refractivity contribution in [2.75, 3.05) is 5.43 Å². The van der Waals surface area contributed by atoms with Gasteiger partial charge in [-0.3, -0.25) is 4.68 Å². The maximum absolute atomic E-state index is 9.73. The molecule has 2 N–H and O–H groups in total. The Hall–Kier alpha value is -2.36. The Kier molecular flexibility index (Phi) is 2.48. The molecule has 0 aliphatic rings. The van der Waals surface area contributed by atoms with E-state index in [0.29, 0.717) is 5.75 Å². The average Bonchev–Trinajstić information content (AvgIpc) is 2.92. The molecular weight excluding hydrogens is 226 g/mol. The van der Waals surface area contributed by atoms with E-state index in [1.165, 1.54) is 5.56 Å². The van der Waals surface area contributed by atoms with E-state index in [9.17, 15) is 5.11 Å². The molecule has 3 aromatic rings. The molecule has 0 spiro atoms. The molecular formula is C14H15N3O. The number of benzene rings is 1. The number of hydrogen-bond acceptors (Lipinski definition) is 2. The molecule has 18 heavy (non-hydrogen) atoms. The minimum atomic E-state index is 0.313. The van der Waals surface area contributed by atoms with E-state index in [2.05, 4.69) is 17.6 Å². The zero-order chi connectivity index (χ0) is 12.5. The molecule has 0 amide bonds. The van der Waals surface area contributed by atoms with Crippen molar-refractivity contribution in [2.45, 2.75) is 6.54 Å². The van der Waals surface area contributed by atoms with Crippen molar-refractivity contribution in [3.63, 3.8) is 0 Å². The predicted octanol–water partition coefficient (Wildman–Crippen LogP) is 2.43. The Bertz CT molecular complexity index is 667. The maximum Gasteiger partial charge on any atom is 0.142 e. The molecule has 0 aliphatic carbocycles. The third-order valence-corrected chi connectivity index (χ3v) is 3.08. The van der Waals surface area contributed by atoms with Crippen LogP contribution in [0.3, 0.4) is 0 Å². The lowest BCUT2D eigenvalue weighted by Gasteiger charge is -2.09. The van der Waals surface area contributed by atoms with Crippen LogP contribution in [0.15, 0.2) is 48.8 Å². The Morgan fingerprint density at radius 1 is 1.17 bits per heavy atom. The van der Waals surface area contributed by atoms with Crippen LogP contribution in [0.5, 0.6) is 5.75 Å². The van der Waals surface area contributed by atoms with E-state index in [1.807, 2.05) is 46.8 Å². The highest BCUT2D eigenvalue weighted by Gasteiger charge is 2.09. The lowest BCUT2D eigenvalue weighted by Crippen LogP contribution is -2.14. The van der Waals surface area contributed by atoms with E-state index in [0.717, 1.165) is 17.6 Å². The summed E-state index contributed by atoms with van der Waals surface area (Å²) in [4.78, 5) is 0. The third kappa shape index (κ3) is 1.72. The Labute approximate surface area is 105 Å². The monoisotopic (exact) mass is 241 g/mol. The molecule has 4 nitrogen and oxygen atoms in total. The van der Waals surface area contributed by atoms with Crippen molar-refractivity contribution in [3.8, 4) is 5.75 Å². The van der Waals surface area contributed by atoms with E-state index < -0.39 is 0 Å². The number of aromatic nitrogens is 2. The molecule has 2 aromatic heterocycles. The summed E-state index contributed by atoms with van der Waals surface area (Å²) in [5, 5.41) is 10.6. The molecule has 0 radical (unpaired) electrons. The van der Waals surface area contributed by atoms with Crippen LogP contribution in [-0.2, 0) is 13.6 Å². The van der Waals surface area contributed by atoms with E-state index in [4.69, 9.17) is 0 Å². The molecule has 1 aromatic carbocycles. The number of aryl methyl sites for hydroxylation is 1. The van der Waals surface area contributed by atoms with Gasteiger partial charge in [0.25, 0.3) is 0 Å². The summed E-state index contributed by atoms with van der Waals surface area (Å²) in [6.45, 7) is 0.747. The van der Waals surface area contributed by atoms with Crippen LogP contribution < -0.4 is 5.43 Å². The van der Waals surface area contributed by atoms with Crippen LogP contribution in [-0.4, -0.2) is 14.3 Å². The topological polar surface area (TPSA) is 42.1 Å². The quantitative estimate of drug-likeness (QED) is 0.739. The number of nitrogens with one attached hydrogen (secondary N) is 1. The van der Waals surface area contributed by atoms with Crippen LogP contribution in [0.25, 0.3) is 11.0 Å². The second kappa shape index (κ2) is 4.14. The van der Waals surface area contributed by atoms with Crippen molar-refractivity contribution in [2.24, 2.45) is 7.05 Å². The zero-order valence-corrected chi connectivity index (χ0v) is 10.2. The average molecular weight is 241 g/mol. The van der Waals surface area contributed by atoms with Crippen molar-refractivity contribution < 1.29 is 5.11 Å². The van der Waals surface area contributed by atoms with Gasteiger partial charge in [0.05, 0.1) is 11.9 Å². The summed E-state index contributed by atoms with van der Waals surface area (Å²) >= 11 is 0. The highest BCUT2D eigenvalue weighted by Crippen LogP contribution is 2.26. The van der Waals surface area contributed by atoms with Gasteiger partial charge in [-0.25, -0.2) is 0 Å². The molecule has 0 atom stereocenters. The first-order valence-corrected chi connectivity index (χ1v) is 5.89. The number of hydrogen-bond donors (Lipinski definition) is 2. The van der Waals surface area contributed by atoms with Gasteiger partial charge in [-0.2, -0.15) is 0 Å². The summed E-state index contributed by atoms with van der Waals surface area (Å²) in [5.74, 6) is 0.313. The molecule has 0 fully saturated rings. The Morgan fingerprint density at radius 3 is 2.72 bits per heavy atom. The van der Waals surface area contributed by atoms with Gasteiger partial charge in [0.1, 0.15) is 11.4 Å². The minimum Gasteiger partial charge on any atom is -0.506 e. The second-order valence-corrected chi connectivity index (χ2v) is 4.37. The van der Waals surface area contributed by atoms with E-state index >= 15 is 0 Å². The van der Waals surface area contributed by atoms with Gasteiger partial charge in [0.15, 0.2) is 0 Å². The van der Waals surface area contributed by atoms with Gasteiger partial charge in [-0.05, 0) is 11.6 Å². The van der Waals surface area contributed by atoms with Gasteiger partial charge >= 0.3 is 0 Å². The number of rotatable bonds is 3. The lowest BCUT2D eigenvalue weighted by molar-refractivity contribution is 0.479. The van der Waals surface area contributed by atoms with Gasteiger partial charge in [0.2, 0.25) is 0 Å². The molecule has 0 bridgehead atoms. The summed E-state index contributed by atoms with van der Waals surface area (Å²) < 4.78 is 3.84. The van der Waals surface area contributed by atoms with Crippen LogP contribution in [0.4, 0.5) is 0 Å². The summed E-state index contributed by atoms with van der Waals surface area (Å²) in [5.41, 5.74) is 5.50. The lowest BCUT2D eigenvalue weighted by atomic mass is 10.2. The second-order valence-electron chi connectivity index (χ2n) is 4.37. The fourth-order valence-electron chi connectivity index (χ4n) is 2.20. The fraction of sp³-hybridized carbons (Fsp3) is 0.143. The van der Waals surface area contributed by atoms with Gasteiger partial charge in [-0.1, -0.05) is 30.3 Å². The first kappa shape index (κ1) is 10.8. The number of aromatic hydroxyl groups is 1. The van der Waals surface area contributed by atoms with E-state index in [-0.39, 0.29) is 0 Å². The third-order valence-electron chi connectivity index (χ3n) is 3.08. The SMILES string of the molecule is Cn1cc(O)c2ccn(NCc3ccccc3)c21. The Balaban J connectivity index is 1.87. The van der Waals surface area contributed by atoms with Gasteiger partial charge < -0.3 is 15.1 Å². The van der Waals surface area contributed by atoms with Gasteiger partial charge in [-0.15, -0.1) is 0 Å². The largest absolute Gasteiger partial charge is 0.506 e. The maximum atomic E-state index is 9.73. The van der Waals surface area contributed by atoms with Crippen molar-refractivity contribution >= 4 is 11.0 Å². The fourth-order valence-corrected chi connectivity index (χ4v) is 2.20. The normalized spacial score (nSPS) is 10.9. The molecule has 92 valence electrons. The summed E-state index contributed by atoms with van der Waals surface area (Å²) in [6, 6.07) is 12.1. The van der Waals surface area contributed by atoms with Crippen LogP contribution in [0, 0.1) is 0 Å². The van der Waals surface area contributed by atoms with Crippen molar-refractivity contribution in [3.05, 3.63) is 54.4 Å². The van der Waals surface area contributed by atoms with Crippen molar-refractivity contribution in [1.82, 2.24) is 9.24 Å². The number of nitrogens with zero attached hydrogens (tertiary/aromatic N) is 2. The Morgan fingerprint density at radius 2 is 1.94 bits per heavy atom. The smallest absolute Gasteiger partial charge is 0.142 e. The summed E-state index contributed by atoms with van der Waals surface area (Å²) in [6.07, 6.45) is 3.64. The predicted molar refractivity (Wildman–Crippen MR) is 72.1 cm³/mol. The number of fused-ring (bicyclic) bond motifs is 1.